The lowest BCUT2D eigenvalue weighted by atomic mass is 10.2. The molecule has 7 heteroatoms. The first-order valence-electron chi connectivity index (χ1n) is 6.38. The van der Waals surface area contributed by atoms with Gasteiger partial charge in [0.1, 0.15) is 6.04 Å². The van der Waals surface area contributed by atoms with Crippen LogP contribution in [0.2, 0.25) is 0 Å². The number of carboxylic acid groups (broad SMARTS) is 1. The fraction of sp³-hybridized carbons (Fsp3) is 0.750. The summed E-state index contributed by atoms with van der Waals surface area (Å²) in [6.45, 7) is 5.76. The van der Waals surface area contributed by atoms with Crippen molar-refractivity contribution in [2.24, 2.45) is 0 Å². The summed E-state index contributed by atoms with van der Waals surface area (Å²) in [6.07, 6.45) is 0.811. The Balaban J connectivity index is 2.53. The van der Waals surface area contributed by atoms with Crippen LogP contribution in [0.15, 0.2) is 0 Å². The van der Waals surface area contributed by atoms with Crippen LogP contribution in [0.25, 0.3) is 0 Å². The van der Waals surface area contributed by atoms with Crippen molar-refractivity contribution in [3.63, 3.8) is 0 Å². The van der Waals surface area contributed by atoms with E-state index in [1.54, 1.807) is 4.90 Å². The zero-order valence-electron chi connectivity index (χ0n) is 11.4. The SMILES string of the molecule is CC(=O)NC(CN1CCCN(C(C)=O)CC1)C(=O)O. The highest BCUT2D eigenvalue weighted by Gasteiger charge is 2.24. The number of hydrogen-bond acceptors (Lipinski definition) is 4. The molecule has 7 nitrogen and oxygen atoms in total. The first-order valence-corrected chi connectivity index (χ1v) is 6.38. The fourth-order valence-electron chi connectivity index (χ4n) is 2.16. The predicted molar refractivity (Wildman–Crippen MR) is 68.6 cm³/mol. The van der Waals surface area contributed by atoms with Crippen LogP contribution >= 0.6 is 0 Å². The van der Waals surface area contributed by atoms with Gasteiger partial charge in [-0.25, -0.2) is 4.79 Å². The highest BCUT2D eigenvalue weighted by Crippen LogP contribution is 2.04. The number of nitrogens with one attached hydrogen (secondary N) is 1. The second kappa shape index (κ2) is 7.08. The Labute approximate surface area is 112 Å². The molecule has 108 valence electrons. The molecule has 2 amide bonds. The average molecular weight is 271 g/mol. The van der Waals surface area contributed by atoms with Crippen LogP contribution < -0.4 is 5.32 Å². The molecule has 0 aromatic carbocycles. The van der Waals surface area contributed by atoms with Gasteiger partial charge in [0.2, 0.25) is 11.8 Å². The topological polar surface area (TPSA) is 90.0 Å². The molecule has 0 spiro atoms. The molecule has 0 aliphatic carbocycles. The van der Waals surface area contributed by atoms with Crippen molar-refractivity contribution < 1.29 is 19.5 Å². The number of carbonyl (C=O) groups is 3. The zero-order chi connectivity index (χ0) is 14.4. The molecule has 1 fully saturated rings. The lowest BCUT2D eigenvalue weighted by molar-refractivity contribution is -0.142. The van der Waals surface area contributed by atoms with E-state index in [1.165, 1.54) is 13.8 Å². The van der Waals surface area contributed by atoms with Gasteiger partial charge in [-0.05, 0) is 13.0 Å². The average Bonchev–Trinajstić information content (AvgIpc) is 2.53. The van der Waals surface area contributed by atoms with E-state index in [2.05, 4.69) is 5.32 Å². The maximum atomic E-state index is 11.3. The maximum Gasteiger partial charge on any atom is 0.327 e. The van der Waals surface area contributed by atoms with Gasteiger partial charge in [-0.3, -0.25) is 14.5 Å². The summed E-state index contributed by atoms with van der Waals surface area (Å²) < 4.78 is 0. The van der Waals surface area contributed by atoms with E-state index in [0.29, 0.717) is 19.6 Å². The number of aliphatic carboxylic acids is 1. The number of carbonyl (C=O) groups excluding carboxylic acids is 2. The molecule has 1 aliphatic rings. The molecule has 1 rings (SSSR count). The number of nitrogens with zero attached hydrogens (tertiary/aromatic N) is 2. The molecule has 0 saturated carbocycles. The Morgan fingerprint density at radius 1 is 1.16 bits per heavy atom. The lowest BCUT2D eigenvalue weighted by Gasteiger charge is -2.24. The minimum absolute atomic E-state index is 0.0403. The van der Waals surface area contributed by atoms with E-state index in [4.69, 9.17) is 5.11 Å². The molecule has 0 bridgehead atoms. The predicted octanol–water partition coefficient (Wildman–Crippen LogP) is -0.870. The first kappa shape index (κ1) is 15.4. The smallest absolute Gasteiger partial charge is 0.327 e. The summed E-state index contributed by atoms with van der Waals surface area (Å²) in [5.74, 6) is -1.35. The summed E-state index contributed by atoms with van der Waals surface area (Å²) in [5.41, 5.74) is 0. The number of rotatable bonds is 4. The van der Waals surface area contributed by atoms with Crippen molar-refractivity contribution in [2.45, 2.75) is 26.3 Å². The maximum absolute atomic E-state index is 11.3. The Kier molecular flexibility index (Phi) is 5.75. The normalized spacial score (nSPS) is 18.5. The van der Waals surface area contributed by atoms with Crippen molar-refractivity contribution >= 4 is 17.8 Å². The standard InChI is InChI=1S/C12H21N3O4/c1-9(16)13-11(12(18)19)8-14-4-3-5-15(7-6-14)10(2)17/h11H,3-8H2,1-2H3,(H,13,16)(H,18,19). The molecule has 2 N–H and O–H groups in total. The van der Waals surface area contributed by atoms with Gasteiger partial charge < -0.3 is 15.3 Å². The Bertz CT molecular complexity index is 359. The molecule has 1 aliphatic heterocycles. The van der Waals surface area contributed by atoms with Gasteiger partial charge in [0, 0.05) is 40.0 Å². The van der Waals surface area contributed by atoms with Crippen molar-refractivity contribution in [2.75, 3.05) is 32.7 Å². The van der Waals surface area contributed by atoms with Crippen LogP contribution in [-0.2, 0) is 14.4 Å². The molecular weight excluding hydrogens is 250 g/mol. The molecule has 1 unspecified atom stereocenters. The second-order valence-corrected chi connectivity index (χ2v) is 4.75. The number of hydrogen-bond donors (Lipinski definition) is 2. The Morgan fingerprint density at radius 3 is 2.37 bits per heavy atom. The van der Waals surface area contributed by atoms with E-state index in [9.17, 15) is 14.4 Å². The van der Waals surface area contributed by atoms with Crippen LogP contribution in [0.3, 0.4) is 0 Å². The van der Waals surface area contributed by atoms with Gasteiger partial charge in [0.25, 0.3) is 0 Å². The van der Waals surface area contributed by atoms with E-state index in [-0.39, 0.29) is 18.4 Å². The number of carboxylic acids is 1. The fourth-order valence-corrected chi connectivity index (χ4v) is 2.16. The molecule has 1 saturated heterocycles. The van der Waals surface area contributed by atoms with Gasteiger partial charge in [-0.15, -0.1) is 0 Å². The van der Waals surface area contributed by atoms with Crippen molar-refractivity contribution in [3.05, 3.63) is 0 Å². The van der Waals surface area contributed by atoms with Gasteiger partial charge in [-0.1, -0.05) is 0 Å². The largest absolute Gasteiger partial charge is 0.480 e. The highest BCUT2D eigenvalue weighted by molar-refractivity contribution is 5.82. The molecule has 19 heavy (non-hydrogen) atoms. The van der Waals surface area contributed by atoms with Crippen molar-refractivity contribution in [3.8, 4) is 0 Å². The zero-order valence-corrected chi connectivity index (χ0v) is 11.4. The third-order valence-corrected chi connectivity index (χ3v) is 3.15. The van der Waals surface area contributed by atoms with Crippen LogP contribution in [0, 0.1) is 0 Å². The third-order valence-electron chi connectivity index (χ3n) is 3.15. The van der Waals surface area contributed by atoms with Gasteiger partial charge >= 0.3 is 5.97 Å². The molecule has 1 atom stereocenters. The van der Waals surface area contributed by atoms with E-state index in [1.807, 2.05) is 4.90 Å². The molecule has 1 heterocycles. The van der Waals surface area contributed by atoms with Crippen LogP contribution in [0.5, 0.6) is 0 Å². The summed E-state index contributed by atoms with van der Waals surface area (Å²) in [5, 5.41) is 11.5. The van der Waals surface area contributed by atoms with Gasteiger partial charge in [0.05, 0.1) is 0 Å². The minimum Gasteiger partial charge on any atom is -0.480 e. The number of amides is 2. The third kappa shape index (κ3) is 5.25. The molecule has 0 radical (unpaired) electrons. The summed E-state index contributed by atoms with van der Waals surface area (Å²) in [4.78, 5) is 37.0. The Hall–Kier alpha value is -1.63. The Morgan fingerprint density at radius 2 is 1.84 bits per heavy atom. The quantitative estimate of drug-likeness (QED) is 0.694. The minimum atomic E-state index is -1.04. The van der Waals surface area contributed by atoms with Crippen molar-refractivity contribution in [1.29, 1.82) is 0 Å². The highest BCUT2D eigenvalue weighted by atomic mass is 16.4. The van der Waals surface area contributed by atoms with Gasteiger partial charge in [0.15, 0.2) is 0 Å². The van der Waals surface area contributed by atoms with Crippen molar-refractivity contribution in [1.82, 2.24) is 15.1 Å². The second-order valence-electron chi connectivity index (χ2n) is 4.75. The van der Waals surface area contributed by atoms with E-state index in [0.717, 1.165) is 13.0 Å². The monoisotopic (exact) mass is 271 g/mol. The molecule has 0 aromatic rings. The first-order chi connectivity index (χ1) is 8.90. The van der Waals surface area contributed by atoms with Gasteiger partial charge in [-0.2, -0.15) is 0 Å². The molecule has 0 aromatic heterocycles. The lowest BCUT2D eigenvalue weighted by Crippen LogP contribution is -2.48. The van der Waals surface area contributed by atoms with Crippen LogP contribution in [-0.4, -0.2) is 71.5 Å². The van der Waals surface area contributed by atoms with E-state index < -0.39 is 12.0 Å². The van der Waals surface area contributed by atoms with E-state index >= 15 is 0 Å². The summed E-state index contributed by atoms with van der Waals surface area (Å²) >= 11 is 0. The summed E-state index contributed by atoms with van der Waals surface area (Å²) in [6, 6.07) is -0.902. The van der Waals surface area contributed by atoms with Crippen LogP contribution in [0.4, 0.5) is 0 Å². The van der Waals surface area contributed by atoms with Crippen LogP contribution in [0.1, 0.15) is 20.3 Å². The summed E-state index contributed by atoms with van der Waals surface area (Å²) in [7, 11) is 0. The molecular formula is C12H21N3O4.